The van der Waals surface area contributed by atoms with Gasteiger partial charge in [-0.15, -0.1) is 0 Å². The predicted molar refractivity (Wildman–Crippen MR) is 77.9 cm³/mol. The molecule has 19 heavy (non-hydrogen) atoms. The van der Waals surface area contributed by atoms with Gasteiger partial charge in [0.1, 0.15) is 0 Å². The van der Waals surface area contributed by atoms with Gasteiger partial charge in [0.2, 0.25) is 0 Å². The fourth-order valence-electron chi connectivity index (χ4n) is 2.68. The van der Waals surface area contributed by atoms with Crippen molar-refractivity contribution in [1.82, 2.24) is 5.32 Å². The molecule has 1 aromatic carbocycles. The van der Waals surface area contributed by atoms with Crippen LogP contribution in [0.4, 0.5) is 0 Å². The molecule has 1 aliphatic rings. The maximum atomic E-state index is 5.41. The van der Waals surface area contributed by atoms with Crippen LogP contribution in [0.1, 0.15) is 38.3 Å². The molecule has 0 aliphatic heterocycles. The van der Waals surface area contributed by atoms with E-state index in [0.29, 0.717) is 6.04 Å². The molecular weight excluding hydrogens is 238 g/mol. The van der Waals surface area contributed by atoms with Gasteiger partial charge in [0, 0.05) is 6.04 Å². The molecule has 1 aliphatic carbocycles. The van der Waals surface area contributed by atoms with Crippen LogP contribution in [0.15, 0.2) is 18.2 Å². The van der Waals surface area contributed by atoms with Gasteiger partial charge in [-0.3, -0.25) is 0 Å². The van der Waals surface area contributed by atoms with E-state index < -0.39 is 0 Å². The fraction of sp³-hybridized carbons (Fsp3) is 0.625. The van der Waals surface area contributed by atoms with Crippen molar-refractivity contribution in [1.29, 1.82) is 0 Å². The molecule has 3 unspecified atom stereocenters. The zero-order valence-corrected chi connectivity index (χ0v) is 12.4. The zero-order chi connectivity index (χ0) is 13.8. The lowest BCUT2D eigenvalue weighted by atomic mass is 10.0. The third-order valence-corrected chi connectivity index (χ3v) is 3.98. The molecule has 3 heteroatoms. The minimum atomic E-state index is 0.440. The van der Waals surface area contributed by atoms with Crippen molar-refractivity contribution in [3.05, 3.63) is 23.8 Å². The first kappa shape index (κ1) is 14.2. The van der Waals surface area contributed by atoms with Crippen molar-refractivity contribution in [2.24, 2.45) is 11.8 Å². The predicted octanol–water partition coefficient (Wildman–Crippen LogP) is 3.40. The molecule has 1 fully saturated rings. The summed E-state index contributed by atoms with van der Waals surface area (Å²) in [5.41, 5.74) is 1.31. The average Bonchev–Trinajstić information content (AvgIpc) is 3.15. The highest BCUT2D eigenvalue weighted by Crippen LogP contribution is 2.47. The van der Waals surface area contributed by atoms with Gasteiger partial charge in [-0.25, -0.2) is 0 Å². The van der Waals surface area contributed by atoms with Crippen molar-refractivity contribution < 1.29 is 9.47 Å². The summed E-state index contributed by atoms with van der Waals surface area (Å²) >= 11 is 0. The minimum absolute atomic E-state index is 0.440. The van der Waals surface area contributed by atoms with Gasteiger partial charge >= 0.3 is 0 Å². The van der Waals surface area contributed by atoms with Crippen LogP contribution in [-0.2, 0) is 0 Å². The van der Waals surface area contributed by atoms with E-state index in [-0.39, 0.29) is 0 Å². The van der Waals surface area contributed by atoms with Crippen molar-refractivity contribution >= 4 is 0 Å². The largest absolute Gasteiger partial charge is 0.493 e. The Kier molecular flexibility index (Phi) is 4.70. The molecule has 3 nitrogen and oxygen atoms in total. The molecule has 1 N–H and O–H groups in total. The first-order valence-electron chi connectivity index (χ1n) is 7.16. The Hall–Kier alpha value is -1.22. The van der Waals surface area contributed by atoms with Crippen molar-refractivity contribution in [2.45, 2.75) is 32.7 Å². The Balaban J connectivity index is 2.20. The molecule has 0 amide bonds. The van der Waals surface area contributed by atoms with Crippen LogP contribution in [-0.4, -0.2) is 20.8 Å². The quantitative estimate of drug-likeness (QED) is 0.818. The standard InChI is InChI=1S/C16H25NO2/c1-5-8-17-16(13-9-11(13)2)12-6-7-14(18-3)15(10-12)19-4/h6-7,10-11,13,16-17H,5,8-9H2,1-4H3. The second-order valence-corrected chi connectivity index (χ2v) is 5.42. The second-order valence-electron chi connectivity index (χ2n) is 5.42. The van der Waals surface area contributed by atoms with E-state index in [2.05, 4.69) is 31.3 Å². The Morgan fingerprint density at radius 1 is 1.26 bits per heavy atom. The highest BCUT2D eigenvalue weighted by Gasteiger charge is 2.40. The lowest BCUT2D eigenvalue weighted by Gasteiger charge is -2.20. The SMILES string of the molecule is CCCNC(c1ccc(OC)c(OC)c1)C1CC1C. The zero-order valence-electron chi connectivity index (χ0n) is 12.4. The Morgan fingerprint density at radius 2 is 1.95 bits per heavy atom. The lowest BCUT2D eigenvalue weighted by molar-refractivity contribution is 0.353. The molecule has 1 saturated carbocycles. The summed E-state index contributed by atoms with van der Waals surface area (Å²) in [6, 6.07) is 6.70. The van der Waals surface area contributed by atoms with E-state index in [1.807, 2.05) is 6.07 Å². The van der Waals surface area contributed by atoms with Gasteiger partial charge in [-0.2, -0.15) is 0 Å². The monoisotopic (exact) mass is 263 g/mol. The fourth-order valence-corrected chi connectivity index (χ4v) is 2.68. The van der Waals surface area contributed by atoms with Crippen LogP contribution in [0.2, 0.25) is 0 Å². The van der Waals surface area contributed by atoms with Crippen LogP contribution in [0.3, 0.4) is 0 Å². The molecular formula is C16H25NO2. The highest BCUT2D eigenvalue weighted by molar-refractivity contribution is 5.44. The molecule has 0 saturated heterocycles. The normalized spacial score (nSPS) is 22.9. The third kappa shape index (κ3) is 3.21. The van der Waals surface area contributed by atoms with Gasteiger partial charge < -0.3 is 14.8 Å². The number of hydrogen-bond donors (Lipinski definition) is 1. The topological polar surface area (TPSA) is 30.5 Å². The number of ether oxygens (including phenoxy) is 2. The Morgan fingerprint density at radius 3 is 2.47 bits per heavy atom. The van der Waals surface area contributed by atoms with Crippen LogP contribution < -0.4 is 14.8 Å². The first-order valence-corrected chi connectivity index (χ1v) is 7.16. The van der Waals surface area contributed by atoms with Gasteiger partial charge in [0.25, 0.3) is 0 Å². The third-order valence-electron chi connectivity index (χ3n) is 3.98. The van der Waals surface area contributed by atoms with Gasteiger partial charge in [-0.1, -0.05) is 19.9 Å². The number of hydrogen-bond acceptors (Lipinski definition) is 3. The second kappa shape index (κ2) is 6.29. The molecule has 0 bridgehead atoms. The first-order chi connectivity index (χ1) is 9.21. The van der Waals surface area contributed by atoms with Crippen molar-refractivity contribution in [3.63, 3.8) is 0 Å². The summed E-state index contributed by atoms with van der Waals surface area (Å²) in [4.78, 5) is 0. The van der Waals surface area contributed by atoms with E-state index in [0.717, 1.165) is 36.3 Å². The summed E-state index contributed by atoms with van der Waals surface area (Å²) in [6.45, 7) is 5.59. The molecule has 3 atom stereocenters. The average molecular weight is 263 g/mol. The van der Waals surface area contributed by atoms with E-state index >= 15 is 0 Å². The lowest BCUT2D eigenvalue weighted by Crippen LogP contribution is -2.24. The van der Waals surface area contributed by atoms with Crippen molar-refractivity contribution in [3.8, 4) is 11.5 Å². The van der Waals surface area contributed by atoms with E-state index in [9.17, 15) is 0 Å². The minimum Gasteiger partial charge on any atom is -0.493 e. The molecule has 0 radical (unpaired) electrons. The number of nitrogens with one attached hydrogen (secondary N) is 1. The number of rotatable bonds is 7. The molecule has 2 rings (SSSR count). The molecule has 1 aromatic rings. The highest BCUT2D eigenvalue weighted by atomic mass is 16.5. The van der Waals surface area contributed by atoms with Gasteiger partial charge in [0.05, 0.1) is 14.2 Å². The van der Waals surface area contributed by atoms with Gasteiger partial charge in [0.15, 0.2) is 11.5 Å². The van der Waals surface area contributed by atoms with E-state index in [4.69, 9.17) is 9.47 Å². The van der Waals surface area contributed by atoms with Crippen LogP contribution in [0.25, 0.3) is 0 Å². The molecule has 0 spiro atoms. The summed E-state index contributed by atoms with van der Waals surface area (Å²) in [7, 11) is 3.36. The van der Waals surface area contributed by atoms with Crippen LogP contribution in [0, 0.1) is 11.8 Å². The summed E-state index contributed by atoms with van der Waals surface area (Å²) in [6.07, 6.45) is 2.47. The molecule has 0 aromatic heterocycles. The summed E-state index contributed by atoms with van der Waals surface area (Å²) in [5.74, 6) is 3.19. The number of benzene rings is 1. The van der Waals surface area contributed by atoms with Crippen molar-refractivity contribution in [2.75, 3.05) is 20.8 Å². The maximum absolute atomic E-state index is 5.41. The Bertz CT molecular complexity index is 419. The van der Waals surface area contributed by atoms with Crippen LogP contribution in [0.5, 0.6) is 11.5 Å². The number of methoxy groups -OCH3 is 2. The molecule has 106 valence electrons. The van der Waals surface area contributed by atoms with Gasteiger partial charge in [-0.05, 0) is 48.9 Å². The van der Waals surface area contributed by atoms with E-state index in [1.165, 1.54) is 12.0 Å². The maximum Gasteiger partial charge on any atom is 0.161 e. The summed E-state index contributed by atoms with van der Waals surface area (Å²) in [5, 5.41) is 3.67. The van der Waals surface area contributed by atoms with Crippen LogP contribution >= 0.6 is 0 Å². The Labute approximate surface area is 116 Å². The smallest absolute Gasteiger partial charge is 0.161 e. The van der Waals surface area contributed by atoms with E-state index in [1.54, 1.807) is 14.2 Å². The summed E-state index contributed by atoms with van der Waals surface area (Å²) < 4.78 is 10.7. The molecule has 0 heterocycles.